The van der Waals surface area contributed by atoms with Gasteiger partial charge in [-0.1, -0.05) is 196 Å². The van der Waals surface area contributed by atoms with E-state index in [-0.39, 0.29) is 25.2 Å². The second-order valence-corrected chi connectivity index (χ2v) is 16.7. The van der Waals surface area contributed by atoms with Crippen LogP contribution >= 0.6 is 0 Å². The summed E-state index contributed by atoms with van der Waals surface area (Å²) in [6, 6.07) is 0. The lowest BCUT2D eigenvalue weighted by molar-refractivity contribution is -0.163. The fraction of sp³-hybridized carbons (Fsp3) is 0.745. The molecule has 0 aromatic rings. The Kier molecular flexibility index (Phi) is 48.4. The highest BCUT2D eigenvalue weighted by atomic mass is 16.6. The number of ether oxygens (including phenoxy) is 3. The average Bonchev–Trinajstić information content (AvgIpc) is 3.25. The molecule has 0 rings (SSSR count). The van der Waals surface area contributed by atoms with Crippen molar-refractivity contribution < 1.29 is 23.8 Å². The molecule has 0 saturated carbocycles. The van der Waals surface area contributed by atoms with Crippen LogP contribution in [0.1, 0.15) is 239 Å². The van der Waals surface area contributed by atoms with E-state index in [1.54, 1.807) is 0 Å². The van der Waals surface area contributed by atoms with Crippen LogP contribution in [0, 0.1) is 0 Å². The van der Waals surface area contributed by atoms with Crippen molar-refractivity contribution in [1.29, 1.82) is 0 Å². The summed E-state index contributed by atoms with van der Waals surface area (Å²) in [6.45, 7) is 7.63. The van der Waals surface area contributed by atoms with Crippen LogP contribution in [0.2, 0.25) is 0 Å². The van der Waals surface area contributed by atoms with Crippen molar-refractivity contribution in [3.05, 3.63) is 72.9 Å². The topological polar surface area (TPSA) is 61.8 Å². The molecule has 0 N–H and O–H groups in total. The maximum Gasteiger partial charge on any atom is 0.306 e. The molecule has 0 aliphatic rings. The van der Waals surface area contributed by atoms with Crippen molar-refractivity contribution in [3.63, 3.8) is 0 Å². The third-order valence-electron chi connectivity index (χ3n) is 10.7. The lowest BCUT2D eigenvalue weighted by atomic mass is 10.1. The number of hydrogen-bond acceptors (Lipinski definition) is 5. The summed E-state index contributed by atoms with van der Waals surface area (Å²) in [6.07, 6.45) is 64.8. The Labute approximate surface area is 372 Å². The first kappa shape index (κ1) is 57.3. The SMILES string of the molecule is CC/C=C\C/C=C\C/C=C\C/C=C\CCCCCCC(=O)OCC(COCCCCCCCC/C=C\CCCCCCCC)OC(=O)CCCCCCC/C=C\CCCC. The third kappa shape index (κ3) is 48.0. The molecule has 1 unspecified atom stereocenters. The largest absolute Gasteiger partial charge is 0.462 e. The number of carbonyl (C=O) groups is 2. The number of carbonyl (C=O) groups excluding carboxylic acids is 2. The highest BCUT2D eigenvalue weighted by Gasteiger charge is 2.17. The molecule has 0 radical (unpaired) electrons. The van der Waals surface area contributed by atoms with Gasteiger partial charge in [-0.3, -0.25) is 9.59 Å². The Balaban J connectivity index is 4.30. The molecule has 0 bridgehead atoms. The van der Waals surface area contributed by atoms with Gasteiger partial charge < -0.3 is 14.2 Å². The lowest BCUT2D eigenvalue weighted by Crippen LogP contribution is -2.30. The fourth-order valence-electron chi connectivity index (χ4n) is 6.89. The molecule has 0 heterocycles. The Morgan fingerprint density at radius 1 is 0.383 bits per heavy atom. The molecule has 0 aromatic carbocycles. The second-order valence-electron chi connectivity index (χ2n) is 16.7. The van der Waals surface area contributed by atoms with E-state index in [2.05, 4.69) is 93.7 Å². The molecule has 0 aromatic heterocycles. The molecule has 0 saturated heterocycles. The van der Waals surface area contributed by atoms with Gasteiger partial charge in [-0.15, -0.1) is 0 Å². The van der Waals surface area contributed by atoms with E-state index in [0.717, 1.165) is 96.3 Å². The van der Waals surface area contributed by atoms with Gasteiger partial charge in [0.05, 0.1) is 6.61 Å². The summed E-state index contributed by atoms with van der Waals surface area (Å²) >= 11 is 0. The maximum atomic E-state index is 12.8. The first-order valence-electron chi connectivity index (χ1n) is 25.5. The summed E-state index contributed by atoms with van der Waals surface area (Å²) in [5.74, 6) is -0.437. The lowest BCUT2D eigenvalue weighted by Gasteiger charge is -2.18. The minimum absolute atomic E-state index is 0.0651. The molecule has 346 valence electrons. The maximum absolute atomic E-state index is 12.8. The Morgan fingerprint density at radius 3 is 1.27 bits per heavy atom. The molecular formula is C55H96O5. The second kappa shape index (κ2) is 50.7. The van der Waals surface area contributed by atoms with Gasteiger partial charge in [0.25, 0.3) is 0 Å². The van der Waals surface area contributed by atoms with Crippen LogP contribution in [-0.2, 0) is 23.8 Å². The average molecular weight is 837 g/mol. The molecule has 1 atom stereocenters. The standard InChI is InChI=1S/C55H96O5/c1-4-7-10-13-16-19-22-24-26-28-29-31-34-36-39-42-45-48-54(56)59-52-53(60-55(57)49-46-43-40-37-33-21-18-15-12-9-6-3)51-58-50-47-44-41-38-35-32-30-27-25-23-20-17-14-11-8-5-2/h7,10,15-16,18-19,24-27,29,31,53H,4-6,8-9,11-14,17,20-23,28,30,32-52H2,1-3H3/b10-7-,18-15-,19-16-,26-24-,27-25-,31-29-. The fourth-order valence-corrected chi connectivity index (χ4v) is 6.89. The minimum atomic E-state index is -0.555. The van der Waals surface area contributed by atoms with Crippen molar-refractivity contribution in [2.45, 2.75) is 245 Å². The van der Waals surface area contributed by atoms with Crippen LogP contribution in [0.3, 0.4) is 0 Å². The van der Waals surface area contributed by atoms with E-state index in [1.165, 1.54) is 109 Å². The number of allylic oxidation sites excluding steroid dienone is 12. The quantitative estimate of drug-likeness (QED) is 0.0347. The summed E-state index contributed by atoms with van der Waals surface area (Å²) in [4.78, 5) is 25.3. The molecule has 0 aliphatic carbocycles. The van der Waals surface area contributed by atoms with Crippen molar-refractivity contribution in [2.24, 2.45) is 0 Å². The van der Waals surface area contributed by atoms with Crippen LogP contribution in [0.4, 0.5) is 0 Å². The van der Waals surface area contributed by atoms with E-state index in [0.29, 0.717) is 19.4 Å². The molecule has 0 fully saturated rings. The van der Waals surface area contributed by atoms with Crippen molar-refractivity contribution in [2.75, 3.05) is 19.8 Å². The summed E-state index contributed by atoms with van der Waals surface area (Å²) in [7, 11) is 0. The monoisotopic (exact) mass is 837 g/mol. The highest BCUT2D eigenvalue weighted by Crippen LogP contribution is 2.13. The summed E-state index contributed by atoms with van der Waals surface area (Å²) in [5.41, 5.74) is 0. The van der Waals surface area contributed by atoms with Crippen LogP contribution in [0.5, 0.6) is 0 Å². The van der Waals surface area contributed by atoms with Crippen molar-refractivity contribution in [1.82, 2.24) is 0 Å². The van der Waals surface area contributed by atoms with Gasteiger partial charge in [-0.05, 0) is 103 Å². The van der Waals surface area contributed by atoms with Crippen LogP contribution in [-0.4, -0.2) is 37.9 Å². The Morgan fingerprint density at radius 2 is 0.767 bits per heavy atom. The normalized spacial score (nSPS) is 12.8. The van der Waals surface area contributed by atoms with Gasteiger partial charge in [0.2, 0.25) is 0 Å². The zero-order chi connectivity index (χ0) is 43.5. The van der Waals surface area contributed by atoms with E-state index >= 15 is 0 Å². The number of hydrogen-bond donors (Lipinski definition) is 0. The van der Waals surface area contributed by atoms with Gasteiger partial charge in [0, 0.05) is 19.4 Å². The zero-order valence-corrected chi connectivity index (χ0v) is 39.7. The van der Waals surface area contributed by atoms with Crippen LogP contribution < -0.4 is 0 Å². The summed E-state index contributed by atoms with van der Waals surface area (Å²) < 4.78 is 17.4. The number of unbranched alkanes of at least 4 members (excludes halogenated alkanes) is 23. The first-order chi connectivity index (χ1) is 29.6. The molecule has 5 nitrogen and oxygen atoms in total. The van der Waals surface area contributed by atoms with E-state index in [4.69, 9.17) is 14.2 Å². The van der Waals surface area contributed by atoms with Gasteiger partial charge in [0.15, 0.2) is 6.10 Å². The van der Waals surface area contributed by atoms with E-state index in [9.17, 15) is 9.59 Å². The van der Waals surface area contributed by atoms with Crippen LogP contribution in [0.25, 0.3) is 0 Å². The van der Waals surface area contributed by atoms with Gasteiger partial charge in [0.1, 0.15) is 6.61 Å². The molecule has 0 spiro atoms. The van der Waals surface area contributed by atoms with Crippen LogP contribution in [0.15, 0.2) is 72.9 Å². The smallest absolute Gasteiger partial charge is 0.306 e. The van der Waals surface area contributed by atoms with Crippen molar-refractivity contribution >= 4 is 11.9 Å². The Bertz CT molecular complexity index is 1080. The molecule has 5 heteroatoms. The van der Waals surface area contributed by atoms with Crippen molar-refractivity contribution in [3.8, 4) is 0 Å². The molecule has 0 aliphatic heterocycles. The van der Waals surface area contributed by atoms with Gasteiger partial charge in [-0.2, -0.15) is 0 Å². The third-order valence-corrected chi connectivity index (χ3v) is 10.7. The minimum Gasteiger partial charge on any atom is -0.462 e. The molecular weight excluding hydrogens is 741 g/mol. The van der Waals surface area contributed by atoms with Gasteiger partial charge in [-0.25, -0.2) is 0 Å². The molecule has 60 heavy (non-hydrogen) atoms. The summed E-state index contributed by atoms with van der Waals surface area (Å²) in [5, 5.41) is 0. The number of esters is 2. The predicted octanol–water partition coefficient (Wildman–Crippen LogP) is 17.1. The highest BCUT2D eigenvalue weighted by molar-refractivity contribution is 5.70. The number of rotatable bonds is 46. The zero-order valence-electron chi connectivity index (χ0n) is 39.7. The Hall–Kier alpha value is -2.66. The van der Waals surface area contributed by atoms with E-state index < -0.39 is 6.10 Å². The molecule has 0 amide bonds. The van der Waals surface area contributed by atoms with E-state index in [1.807, 2.05) is 0 Å². The van der Waals surface area contributed by atoms with Gasteiger partial charge >= 0.3 is 11.9 Å². The first-order valence-corrected chi connectivity index (χ1v) is 25.5. The predicted molar refractivity (Wildman–Crippen MR) is 260 cm³/mol.